The van der Waals surface area contributed by atoms with Crippen molar-refractivity contribution in [3.8, 4) is 0 Å². The summed E-state index contributed by atoms with van der Waals surface area (Å²) in [6.07, 6.45) is 9.15. The van der Waals surface area contributed by atoms with E-state index in [4.69, 9.17) is 0 Å². The zero-order chi connectivity index (χ0) is 13.7. The van der Waals surface area contributed by atoms with Crippen molar-refractivity contribution < 1.29 is 4.79 Å². The lowest BCUT2D eigenvalue weighted by Gasteiger charge is -2.42. The van der Waals surface area contributed by atoms with Crippen LogP contribution in [0.15, 0.2) is 0 Å². The second-order valence-electron chi connectivity index (χ2n) is 6.29. The molecule has 1 atom stereocenters. The largest absolute Gasteiger partial charge is 0.339 e. The van der Waals surface area contributed by atoms with Gasteiger partial charge in [0.15, 0.2) is 0 Å². The highest BCUT2D eigenvalue weighted by molar-refractivity contribution is 5.83. The third kappa shape index (κ3) is 3.13. The maximum atomic E-state index is 13.1. The van der Waals surface area contributed by atoms with E-state index >= 15 is 0 Å². The minimum absolute atomic E-state index is 0.0665. The highest BCUT2D eigenvalue weighted by Crippen LogP contribution is 2.36. The molecule has 1 amide bonds. The molecule has 0 aromatic rings. The van der Waals surface area contributed by atoms with E-state index in [1.54, 1.807) is 0 Å². The predicted molar refractivity (Wildman–Crippen MR) is 79.1 cm³/mol. The molecule has 3 nitrogen and oxygen atoms in total. The van der Waals surface area contributed by atoms with Gasteiger partial charge in [-0.3, -0.25) is 4.79 Å². The molecule has 0 aliphatic carbocycles. The predicted octanol–water partition coefficient (Wildman–Crippen LogP) is 2.95. The van der Waals surface area contributed by atoms with Crippen molar-refractivity contribution in [2.75, 3.05) is 19.6 Å². The van der Waals surface area contributed by atoms with Gasteiger partial charge in [-0.25, -0.2) is 0 Å². The molecule has 2 heterocycles. The first-order valence-electron chi connectivity index (χ1n) is 8.25. The smallest absolute Gasteiger partial charge is 0.229 e. The van der Waals surface area contributed by atoms with E-state index in [1.807, 2.05) is 0 Å². The quantitative estimate of drug-likeness (QED) is 0.852. The van der Waals surface area contributed by atoms with E-state index in [2.05, 4.69) is 24.1 Å². The lowest BCUT2D eigenvalue weighted by atomic mass is 9.75. The average Bonchev–Trinajstić information content (AvgIpc) is 2.72. The Balaban J connectivity index is 2.14. The number of hydrogen-bond acceptors (Lipinski definition) is 2. The number of rotatable bonds is 3. The van der Waals surface area contributed by atoms with Crippen molar-refractivity contribution in [2.24, 2.45) is 5.41 Å². The molecule has 0 aromatic carbocycles. The van der Waals surface area contributed by atoms with Crippen LogP contribution in [0, 0.1) is 5.41 Å². The van der Waals surface area contributed by atoms with Gasteiger partial charge in [-0.2, -0.15) is 0 Å². The summed E-state index contributed by atoms with van der Waals surface area (Å²) in [5, 5.41) is 3.40. The molecule has 2 aliphatic rings. The van der Waals surface area contributed by atoms with Gasteiger partial charge in [0.05, 0.1) is 5.41 Å². The summed E-state index contributed by atoms with van der Waals surface area (Å²) in [6.45, 7) is 7.43. The monoisotopic (exact) mass is 266 g/mol. The van der Waals surface area contributed by atoms with Gasteiger partial charge in [-0.1, -0.05) is 26.7 Å². The molecule has 0 radical (unpaired) electrons. The van der Waals surface area contributed by atoms with Crippen LogP contribution in [0.25, 0.3) is 0 Å². The highest BCUT2D eigenvalue weighted by Gasteiger charge is 2.42. The lowest BCUT2D eigenvalue weighted by molar-refractivity contribution is -0.146. The summed E-state index contributed by atoms with van der Waals surface area (Å²) in [5.74, 6) is 0.463. The summed E-state index contributed by atoms with van der Waals surface area (Å²) < 4.78 is 0. The van der Waals surface area contributed by atoms with Gasteiger partial charge in [-0.05, 0) is 51.6 Å². The lowest BCUT2D eigenvalue weighted by Crippen LogP contribution is -2.52. The summed E-state index contributed by atoms with van der Waals surface area (Å²) in [4.78, 5) is 15.4. The molecule has 2 rings (SSSR count). The summed E-state index contributed by atoms with van der Waals surface area (Å²) in [6, 6.07) is 0.494. The van der Waals surface area contributed by atoms with Gasteiger partial charge in [0, 0.05) is 12.6 Å². The number of carbonyl (C=O) groups excluding carboxylic acids is 1. The van der Waals surface area contributed by atoms with Gasteiger partial charge in [0.1, 0.15) is 0 Å². The zero-order valence-corrected chi connectivity index (χ0v) is 12.7. The topological polar surface area (TPSA) is 32.3 Å². The molecule has 19 heavy (non-hydrogen) atoms. The number of nitrogens with one attached hydrogen (secondary N) is 1. The summed E-state index contributed by atoms with van der Waals surface area (Å²) in [5.41, 5.74) is -0.0665. The van der Waals surface area contributed by atoms with E-state index in [9.17, 15) is 4.79 Å². The minimum Gasteiger partial charge on any atom is -0.339 e. The normalized spacial score (nSPS) is 27.9. The van der Waals surface area contributed by atoms with Crippen molar-refractivity contribution in [1.82, 2.24) is 10.2 Å². The summed E-state index contributed by atoms with van der Waals surface area (Å²) >= 11 is 0. The fourth-order valence-corrected chi connectivity index (χ4v) is 3.80. The second-order valence-corrected chi connectivity index (χ2v) is 6.29. The molecule has 2 saturated heterocycles. The zero-order valence-electron chi connectivity index (χ0n) is 12.7. The van der Waals surface area contributed by atoms with Crippen molar-refractivity contribution in [3.05, 3.63) is 0 Å². The van der Waals surface area contributed by atoms with Crippen LogP contribution in [0.3, 0.4) is 0 Å². The SMILES string of the molecule is CCC1CCCCCN1C(=O)C1(CC)CCNCC1. The Morgan fingerprint density at radius 1 is 1.21 bits per heavy atom. The first-order chi connectivity index (χ1) is 9.23. The molecule has 1 unspecified atom stereocenters. The van der Waals surface area contributed by atoms with Crippen LogP contribution in [0.1, 0.15) is 65.2 Å². The van der Waals surface area contributed by atoms with Crippen LogP contribution in [-0.4, -0.2) is 36.5 Å². The maximum absolute atomic E-state index is 13.1. The number of amides is 1. The Bertz CT molecular complexity index is 297. The van der Waals surface area contributed by atoms with Gasteiger partial charge < -0.3 is 10.2 Å². The van der Waals surface area contributed by atoms with E-state index < -0.39 is 0 Å². The van der Waals surface area contributed by atoms with Crippen LogP contribution in [0.2, 0.25) is 0 Å². The molecule has 3 heteroatoms. The van der Waals surface area contributed by atoms with Crippen LogP contribution >= 0.6 is 0 Å². The molecule has 2 aliphatic heterocycles. The van der Waals surface area contributed by atoms with Crippen LogP contribution in [-0.2, 0) is 4.79 Å². The van der Waals surface area contributed by atoms with Gasteiger partial charge in [0.25, 0.3) is 0 Å². The third-order valence-electron chi connectivity index (χ3n) is 5.30. The third-order valence-corrected chi connectivity index (χ3v) is 5.30. The average molecular weight is 266 g/mol. The van der Waals surface area contributed by atoms with E-state index in [-0.39, 0.29) is 5.41 Å². The summed E-state index contributed by atoms with van der Waals surface area (Å²) in [7, 11) is 0. The fourth-order valence-electron chi connectivity index (χ4n) is 3.80. The van der Waals surface area contributed by atoms with Crippen molar-refractivity contribution in [2.45, 2.75) is 71.3 Å². The van der Waals surface area contributed by atoms with Crippen LogP contribution in [0.5, 0.6) is 0 Å². The van der Waals surface area contributed by atoms with E-state index in [1.165, 1.54) is 25.7 Å². The number of likely N-dealkylation sites (tertiary alicyclic amines) is 1. The molecule has 1 N–H and O–H groups in total. The van der Waals surface area contributed by atoms with E-state index in [0.29, 0.717) is 11.9 Å². The molecule has 0 aromatic heterocycles. The van der Waals surface area contributed by atoms with Gasteiger partial charge >= 0.3 is 0 Å². The molecule has 110 valence electrons. The standard InChI is InChI=1S/C16H30N2O/c1-3-14-8-6-5-7-13-18(14)15(19)16(4-2)9-11-17-12-10-16/h14,17H,3-13H2,1-2H3. The Labute approximate surface area is 118 Å². The Morgan fingerprint density at radius 3 is 2.58 bits per heavy atom. The van der Waals surface area contributed by atoms with Gasteiger partial charge in [0.2, 0.25) is 5.91 Å². The highest BCUT2D eigenvalue weighted by atomic mass is 16.2. The maximum Gasteiger partial charge on any atom is 0.229 e. The van der Waals surface area contributed by atoms with Crippen LogP contribution < -0.4 is 5.32 Å². The van der Waals surface area contributed by atoms with Crippen molar-refractivity contribution in [1.29, 1.82) is 0 Å². The number of piperidine rings is 1. The first kappa shape index (κ1) is 14.8. The second kappa shape index (κ2) is 6.74. The number of nitrogens with zero attached hydrogens (tertiary/aromatic N) is 1. The van der Waals surface area contributed by atoms with E-state index in [0.717, 1.165) is 45.3 Å². The molecule has 0 spiro atoms. The molecule has 2 fully saturated rings. The Kier molecular flexibility index (Phi) is 5.26. The van der Waals surface area contributed by atoms with Crippen molar-refractivity contribution in [3.63, 3.8) is 0 Å². The van der Waals surface area contributed by atoms with Crippen molar-refractivity contribution >= 4 is 5.91 Å². The molecule has 0 saturated carbocycles. The Morgan fingerprint density at radius 2 is 1.95 bits per heavy atom. The first-order valence-corrected chi connectivity index (χ1v) is 8.25. The number of hydrogen-bond donors (Lipinski definition) is 1. The molecular formula is C16H30N2O. The minimum atomic E-state index is -0.0665. The van der Waals surface area contributed by atoms with Crippen LogP contribution in [0.4, 0.5) is 0 Å². The van der Waals surface area contributed by atoms with Gasteiger partial charge in [-0.15, -0.1) is 0 Å². The Hall–Kier alpha value is -0.570. The molecular weight excluding hydrogens is 236 g/mol. The molecule has 0 bridgehead atoms. The fraction of sp³-hybridized carbons (Fsp3) is 0.938. The number of carbonyl (C=O) groups is 1.